The highest BCUT2D eigenvalue weighted by Crippen LogP contribution is 2.36. The van der Waals surface area contributed by atoms with Crippen LogP contribution in [0.1, 0.15) is 24.8 Å². The fraction of sp³-hybridized carbons (Fsp3) is 0.481. The zero-order chi connectivity index (χ0) is 25.8. The molecule has 7 nitrogen and oxygen atoms in total. The molecule has 2 aliphatic rings. The van der Waals surface area contributed by atoms with Crippen molar-refractivity contribution in [3.8, 4) is 11.1 Å². The van der Waals surface area contributed by atoms with Crippen LogP contribution in [0.2, 0.25) is 5.02 Å². The second kappa shape index (κ2) is 11.9. The van der Waals surface area contributed by atoms with Gasteiger partial charge in [0.15, 0.2) is 0 Å². The SMILES string of the molecule is O=C1CN(CCCOC2CCNCC2)CCN1c1cccc(-c2cnc3[nH]cc(CC(F)F)c3c2Cl)c1. The van der Waals surface area contributed by atoms with Crippen LogP contribution in [0.5, 0.6) is 0 Å². The molecule has 0 bridgehead atoms. The first-order valence-electron chi connectivity index (χ1n) is 12.9. The lowest BCUT2D eigenvalue weighted by Crippen LogP contribution is -2.50. The Hall–Kier alpha value is -2.59. The summed E-state index contributed by atoms with van der Waals surface area (Å²) in [7, 11) is 0. The number of hydrogen-bond donors (Lipinski definition) is 2. The van der Waals surface area contributed by atoms with Crippen molar-refractivity contribution in [2.75, 3.05) is 50.8 Å². The van der Waals surface area contributed by atoms with Gasteiger partial charge >= 0.3 is 0 Å². The normalized spacial score (nSPS) is 17.8. The molecule has 37 heavy (non-hydrogen) atoms. The summed E-state index contributed by atoms with van der Waals surface area (Å²) in [6, 6.07) is 7.58. The lowest BCUT2D eigenvalue weighted by Gasteiger charge is -2.34. The number of amides is 1. The van der Waals surface area contributed by atoms with Gasteiger partial charge < -0.3 is 19.9 Å². The van der Waals surface area contributed by atoms with E-state index < -0.39 is 12.8 Å². The highest BCUT2D eigenvalue weighted by atomic mass is 35.5. The topological polar surface area (TPSA) is 73.5 Å². The van der Waals surface area contributed by atoms with Gasteiger partial charge in [0.25, 0.3) is 0 Å². The number of hydrogen-bond acceptors (Lipinski definition) is 5. The average Bonchev–Trinajstić information content (AvgIpc) is 3.30. The molecule has 0 atom stereocenters. The molecule has 0 saturated carbocycles. The third-order valence-corrected chi connectivity index (χ3v) is 7.51. The van der Waals surface area contributed by atoms with Crippen molar-refractivity contribution >= 4 is 34.2 Å². The number of pyridine rings is 1. The molecule has 0 aliphatic carbocycles. The third-order valence-electron chi connectivity index (χ3n) is 7.12. The minimum atomic E-state index is -2.48. The fourth-order valence-corrected chi connectivity index (χ4v) is 5.54. The maximum absolute atomic E-state index is 13.0. The van der Waals surface area contributed by atoms with Gasteiger partial charge in [-0.15, -0.1) is 0 Å². The maximum Gasteiger partial charge on any atom is 0.242 e. The van der Waals surface area contributed by atoms with Crippen LogP contribution in [0.15, 0.2) is 36.7 Å². The van der Waals surface area contributed by atoms with E-state index in [1.165, 1.54) is 6.20 Å². The number of anilines is 1. The maximum atomic E-state index is 13.0. The van der Waals surface area contributed by atoms with E-state index in [1.54, 1.807) is 11.1 Å². The molecular formula is C27H32ClF2N5O2. The predicted molar refractivity (Wildman–Crippen MR) is 142 cm³/mol. The van der Waals surface area contributed by atoms with Gasteiger partial charge in [0.2, 0.25) is 12.3 Å². The molecule has 1 aromatic carbocycles. The number of H-pyrrole nitrogens is 1. The van der Waals surface area contributed by atoms with Crippen molar-refractivity contribution in [1.29, 1.82) is 0 Å². The smallest absolute Gasteiger partial charge is 0.242 e. The second-order valence-electron chi connectivity index (χ2n) is 9.66. The number of ether oxygens (including phenoxy) is 1. The number of carbonyl (C=O) groups is 1. The van der Waals surface area contributed by atoms with Gasteiger partial charge in [0.1, 0.15) is 5.65 Å². The largest absolute Gasteiger partial charge is 0.378 e. The zero-order valence-corrected chi connectivity index (χ0v) is 21.4. The number of alkyl halides is 2. The van der Waals surface area contributed by atoms with Crippen LogP contribution >= 0.6 is 11.6 Å². The fourth-order valence-electron chi connectivity index (χ4n) is 5.17. The number of piperazine rings is 1. The van der Waals surface area contributed by atoms with Crippen LogP contribution in [-0.2, 0) is 16.0 Å². The van der Waals surface area contributed by atoms with E-state index >= 15 is 0 Å². The highest BCUT2D eigenvalue weighted by Gasteiger charge is 2.25. The van der Waals surface area contributed by atoms with Crippen molar-refractivity contribution in [1.82, 2.24) is 20.2 Å². The van der Waals surface area contributed by atoms with Crippen LogP contribution in [-0.4, -0.2) is 79.2 Å². The molecule has 198 valence electrons. The summed E-state index contributed by atoms with van der Waals surface area (Å²) in [4.78, 5) is 24.3. The summed E-state index contributed by atoms with van der Waals surface area (Å²) in [6.07, 6.45) is 3.69. The van der Waals surface area contributed by atoms with Gasteiger partial charge in [-0.25, -0.2) is 13.8 Å². The third kappa shape index (κ3) is 6.12. The molecule has 0 spiro atoms. The Morgan fingerprint density at radius 2 is 2.05 bits per heavy atom. The summed E-state index contributed by atoms with van der Waals surface area (Å²) >= 11 is 6.70. The molecule has 2 saturated heterocycles. The van der Waals surface area contributed by atoms with E-state index in [4.69, 9.17) is 16.3 Å². The summed E-state index contributed by atoms with van der Waals surface area (Å²) < 4.78 is 32.1. The molecule has 2 aromatic heterocycles. The number of nitrogens with one attached hydrogen (secondary N) is 2. The second-order valence-corrected chi connectivity index (χ2v) is 10.0. The Morgan fingerprint density at radius 3 is 2.84 bits per heavy atom. The van der Waals surface area contributed by atoms with E-state index in [-0.39, 0.29) is 5.91 Å². The Labute approximate surface area is 220 Å². The van der Waals surface area contributed by atoms with E-state index in [0.29, 0.717) is 46.4 Å². The summed E-state index contributed by atoms with van der Waals surface area (Å²) in [6.45, 7) is 5.35. The van der Waals surface area contributed by atoms with Crippen LogP contribution in [0.4, 0.5) is 14.5 Å². The summed E-state index contributed by atoms with van der Waals surface area (Å²) in [5, 5.41) is 4.23. The van der Waals surface area contributed by atoms with Crippen LogP contribution < -0.4 is 10.2 Å². The first-order chi connectivity index (χ1) is 18.0. The molecule has 3 aromatic rings. The van der Waals surface area contributed by atoms with Gasteiger partial charge in [0.05, 0.1) is 17.7 Å². The summed E-state index contributed by atoms with van der Waals surface area (Å²) in [5.41, 5.74) is 3.13. The molecule has 2 aliphatic heterocycles. The molecule has 5 rings (SSSR count). The van der Waals surface area contributed by atoms with Gasteiger partial charge in [-0.3, -0.25) is 9.69 Å². The van der Waals surface area contributed by atoms with Crippen LogP contribution in [0.25, 0.3) is 22.2 Å². The van der Waals surface area contributed by atoms with Gasteiger partial charge in [-0.1, -0.05) is 23.7 Å². The van der Waals surface area contributed by atoms with E-state index in [0.717, 1.165) is 63.3 Å². The molecule has 2 fully saturated rings. The Morgan fingerprint density at radius 1 is 1.22 bits per heavy atom. The van der Waals surface area contributed by atoms with Crippen molar-refractivity contribution in [2.24, 2.45) is 0 Å². The van der Waals surface area contributed by atoms with E-state index in [2.05, 4.69) is 20.2 Å². The standard InChI is InChI=1S/C27H32ClF2N5O2/c28-26-22(16-33-27-25(26)19(15-32-27)14-23(29)30)18-3-1-4-20(13-18)35-11-10-34(17-24(35)36)9-2-12-37-21-5-7-31-8-6-21/h1,3-4,13,15-16,21,23,31H,2,5-12,14,17H2,(H,32,33). The van der Waals surface area contributed by atoms with Crippen LogP contribution in [0, 0.1) is 0 Å². The number of nitrogens with zero attached hydrogens (tertiary/aromatic N) is 3. The number of carbonyl (C=O) groups excluding carboxylic acids is 1. The zero-order valence-electron chi connectivity index (χ0n) is 20.7. The monoisotopic (exact) mass is 531 g/mol. The quantitative estimate of drug-likeness (QED) is 0.398. The molecule has 0 radical (unpaired) electrons. The number of piperidine rings is 1. The van der Waals surface area contributed by atoms with Crippen LogP contribution in [0.3, 0.4) is 0 Å². The molecule has 10 heteroatoms. The van der Waals surface area contributed by atoms with Crippen molar-refractivity contribution in [3.63, 3.8) is 0 Å². The lowest BCUT2D eigenvalue weighted by atomic mass is 10.0. The minimum Gasteiger partial charge on any atom is -0.378 e. The van der Waals surface area contributed by atoms with E-state index in [1.807, 2.05) is 24.3 Å². The number of benzene rings is 1. The first-order valence-corrected chi connectivity index (χ1v) is 13.3. The molecule has 1 amide bonds. The molecule has 2 N–H and O–H groups in total. The minimum absolute atomic E-state index is 0.0483. The van der Waals surface area contributed by atoms with Crippen molar-refractivity contribution in [2.45, 2.75) is 38.2 Å². The van der Waals surface area contributed by atoms with Gasteiger partial charge in [-0.2, -0.15) is 0 Å². The number of aromatic nitrogens is 2. The van der Waals surface area contributed by atoms with Gasteiger partial charge in [0, 0.05) is 61.7 Å². The number of rotatable bonds is 9. The first kappa shape index (κ1) is 26.0. The Bertz CT molecular complexity index is 1230. The average molecular weight is 532 g/mol. The number of halogens is 3. The molecule has 4 heterocycles. The number of aromatic amines is 1. The van der Waals surface area contributed by atoms with Gasteiger partial charge in [-0.05, 0) is 55.6 Å². The highest BCUT2D eigenvalue weighted by molar-refractivity contribution is 6.38. The Balaban J connectivity index is 1.23. The number of fused-ring (bicyclic) bond motifs is 1. The van der Waals surface area contributed by atoms with E-state index in [9.17, 15) is 13.6 Å². The predicted octanol–water partition coefficient (Wildman–Crippen LogP) is 4.50. The van der Waals surface area contributed by atoms with Crippen molar-refractivity contribution < 1.29 is 18.3 Å². The molecule has 0 unspecified atom stereocenters. The lowest BCUT2D eigenvalue weighted by molar-refractivity contribution is -0.121. The Kier molecular flexibility index (Phi) is 8.34. The molecular weight excluding hydrogens is 500 g/mol. The summed E-state index contributed by atoms with van der Waals surface area (Å²) in [5.74, 6) is 0.0483. The van der Waals surface area contributed by atoms with Crippen molar-refractivity contribution in [3.05, 3.63) is 47.2 Å².